The van der Waals surface area contributed by atoms with E-state index in [1.54, 1.807) is 17.0 Å². The predicted molar refractivity (Wildman–Crippen MR) is 84.0 cm³/mol. The van der Waals surface area contributed by atoms with E-state index in [0.29, 0.717) is 36.9 Å². The Kier molecular flexibility index (Phi) is 5.81. The molecule has 6 nitrogen and oxygen atoms in total. The van der Waals surface area contributed by atoms with Crippen LogP contribution in [0.3, 0.4) is 0 Å². The molecule has 0 saturated carbocycles. The first kappa shape index (κ1) is 17.1. The molecule has 23 heavy (non-hydrogen) atoms. The molecule has 0 aliphatic carbocycles. The van der Waals surface area contributed by atoms with Gasteiger partial charge in [-0.1, -0.05) is 5.16 Å². The van der Waals surface area contributed by atoms with E-state index in [1.165, 1.54) is 12.1 Å². The summed E-state index contributed by atoms with van der Waals surface area (Å²) >= 11 is 0. The Bertz CT molecular complexity index is 638. The second-order valence-electron chi connectivity index (χ2n) is 5.26. The molecule has 0 bridgehead atoms. The van der Waals surface area contributed by atoms with Crippen LogP contribution in [0, 0.1) is 5.82 Å². The first-order valence-electron chi connectivity index (χ1n) is 7.58. The zero-order chi connectivity index (χ0) is 16.8. The van der Waals surface area contributed by atoms with Crippen LogP contribution in [0.2, 0.25) is 0 Å². The number of carbonyl (C=O) groups excluding carboxylic acids is 1. The topological polar surface area (TPSA) is 62.5 Å². The number of amides is 1. The molecule has 0 fully saturated rings. The molecule has 124 valence electrons. The monoisotopic (exact) mass is 320 g/mol. The molecule has 7 heteroatoms. The van der Waals surface area contributed by atoms with Gasteiger partial charge in [-0.2, -0.15) is 4.98 Å². The fourth-order valence-electron chi connectivity index (χ4n) is 2.23. The normalized spacial score (nSPS) is 11.0. The highest BCUT2D eigenvalue weighted by atomic mass is 19.1. The maximum Gasteiger partial charge on any atom is 0.241 e. The van der Waals surface area contributed by atoms with Crippen LogP contribution >= 0.6 is 0 Å². The summed E-state index contributed by atoms with van der Waals surface area (Å²) in [4.78, 5) is 19.9. The largest absolute Gasteiger partial charge is 0.342 e. The number of likely N-dealkylation sites (N-methyl/N-ethyl adjacent to an activating group) is 2. The number of halogens is 1. The number of nitrogens with zero attached hydrogens (tertiary/aromatic N) is 4. The molecule has 0 aliphatic heterocycles. The summed E-state index contributed by atoms with van der Waals surface area (Å²) in [7, 11) is 1.82. The van der Waals surface area contributed by atoms with E-state index in [2.05, 4.69) is 10.1 Å². The van der Waals surface area contributed by atoms with Crippen molar-refractivity contribution < 1.29 is 13.7 Å². The lowest BCUT2D eigenvalue weighted by atomic mass is 10.2. The molecule has 0 spiro atoms. The lowest BCUT2D eigenvalue weighted by Crippen LogP contribution is -2.38. The van der Waals surface area contributed by atoms with Gasteiger partial charge in [-0.05, 0) is 45.2 Å². The second-order valence-corrected chi connectivity index (χ2v) is 5.26. The number of aromatic nitrogens is 2. The molecule has 1 aromatic heterocycles. The lowest BCUT2D eigenvalue weighted by molar-refractivity contribution is -0.131. The SMILES string of the molecule is CCN(CC)C(=O)CN(C)Cc1nc(-c2ccc(F)cc2)no1. The summed E-state index contributed by atoms with van der Waals surface area (Å²) in [6.07, 6.45) is 0. The third kappa shape index (κ3) is 4.59. The number of hydrogen-bond acceptors (Lipinski definition) is 5. The summed E-state index contributed by atoms with van der Waals surface area (Å²) in [6, 6.07) is 5.88. The van der Waals surface area contributed by atoms with Gasteiger partial charge in [0.05, 0.1) is 13.1 Å². The van der Waals surface area contributed by atoms with Crippen molar-refractivity contribution in [1.29, 1.82) is 0 Å². The van der Waals surface area contributed by atoms with Crippen LogP contribution in [0.1, 0.15) is 19.7 Å². The molecule has 0 N–H and O–H groups in total. The third-order valence-corrected chi connectivity index (χ3v) is 3.50. The fraction of sp³-hybridized carbons (Fsp3) is 0.438. The Morgan fingerprint density at radius 3 is 2.48 bits per heavy atom. The van der Waals surface area contributed by atoms with Crippen LogP contribution in [-0.4, -0.2) is 52.5 Å². The van der Waals surface area contributed by atoms with Crippen molar-refractivity contribution >= 4 is 5.91 Å². The van der Waals surface area contributed by atoms with Crippen molar-refractivity contribution in [2.75, 3.05) is 26.7 Å². The average Bonchev–Trinajstić information content (AvgIpc) is 2.97. The van der Waals surface area contributed by atoms with Gasteiger partial charge in [-0.25, -0.2) is 4.39 Å². The summed E-state index contributed by atoms with van der Waals surface area (Å²) in [5.41, 5.74) is 0.684. The highest BCUT2D eigenvalue weighted by Gasteiger charge is 2.15. The number of hydrogen-bond donors (Lipinski definition) is 0. The quantitative estimate of drug-likeness (QED) is 0.782. The van der Waals surface area contributed by atoms with Crippen LogP contribution < -0.4 is 0 Å². The van der Waals surface area contributed by atoms with Crippen LogP contribution in [0.4, 0.5) is 4.39 Å². The molecule has 0 atom stereocenters. The maximum absolute atomic E-state index is 12.9. The highest BCUT2D eigenvalue weighted by Crippen LogP contribution is 2.16. The Morgan fingerprint density at radius 2 is 1.87 bits per heavy atom. The van der Waals surface area contributed by atoms with Gasteiger partial charge in [0, 0.05) is 18.7 Å². The van der Waals surface area contributed by atoms with Crippen molar-refractivity contribution in [2.45, 2.75) is 20.4 Å². The van der Waals surface area contributed by atoms with Crippen LogP contribution in [0.5, 0.6) is 0 Å². The van der Waals surface area contributed by atoms with Gasteiger partial charge < -0.3 is 9.42 Å². The molecule has 2 rings (SSSR count). The Morgan fingerprint density at radius 1 is 1.22 bits per heavy atom. The number of carbonyl (C=O) groups is 1. The predicted octanol–water partition coefficient (Wildman–Crippen LogP) is 2.18. The standard InChI is InChI=1S/C16H21FN4O2/c1-4-21(5-2)15(22)11-20(3)10-14-18-16(19-23-14)12-6-8-13(17)9-7-12/h6-9H,4-5,10-11H2,1-3H3. The fourth-order valence-corrected chi connectivity index (χ4v) is 2.23. The van der Waals surface area contributed by atoms with Crippen molar-refractivity contribution in [1.82, 2.24) is 19.9 Å². The first-order chi connectivity index (χ1) is 11.0. The lowest BCUT2D eigenvalue weighted by Gasteiger charge is -2.22. The number of benzene rings is 1. The van der Waals surface area contributed by atoms with Crippen molar-refractivity contribution in [3.05, 3.63) is 36.0 Å². The molecule has 0 unspecified atom stereocenters. The van der Waals surface area contributed by atoms with Gasteiger partial charge in [0.15, 0.2) is 0 Å². The molecule has 0 saturated heterocycles. The Balaban J connectivity index is 1.96. The van der Waals surface area contributed by atoms with Gasteiger partial charge in [-0.15, -0.1) is 0 Å². The van der Waals surface area contributed by atoms with Crippen molar-refractivity contribution in [3.63, 3.8) is 0 Å². The van der Waals surface area contributed by atoms with E-state index < -0.39 is 0 Å². The molecule has 0 radical (unpaired) electrons. The molecule has 0 aliphatic rings. The maximum atomic E-state index is 12.9. The smallest absolute Gasteiger partial charge is 0.241 e. The van der Waals surface area contributed by atoms with Crippen molar-refractivity contribution in [2.24, 2.45) is 0 Å². The highest BCUT2D eigenvalue weighted by molar-refractivity contribution is 5.78. The zero-order valence-electron chi connectivity index (χ0n) is 13.6. The van der Waals surface area contributed by atoms with E-state index in [0.717, 1.165) is 0 Å². The van der Waals surface area contributed by atoms with E-state index in [9.17, 15) is 9.18 Å². The molecule has 1 heterocycles. The van der Waals surface area contributed by atoms with Gasteiger partial charge in [0.25, 0.3) is 0 Å². The first-order valence-corrected chi connectivity index (χ1v) is 7.58. The van der Waals surface area contributed by atoms with E-state index >= 15 is 0 Å². The molecule has 1 aromatic carbocycles. The average molecular weight is 320 g/mol. The molecule has 2 aromatic rings. The second kappa shape index (κ2) is 7.82. The molecular weight excluding hydrogens is 299 g/mol. The van der Waals surface area contributed by atoms with Crippen LogP contribution in [0.25, 0.3) is 11.4 Å². The van der Waals surface area contributed by atoms with Gasteiger partial charge in [0.2, 0.25) is 17.6 Å². The van der Waals surface area contributed by atoms with Gasteiger partial charge in [-0.3, -0.25) is 9.69 Å². The molecule has 1 amide bonds. The summed E-state index contributed by atoms with van der Waals surface area (Å²) in [5, 5.41) is 3.89. The van der Waals surface area contributed by atoms with Gasteiger partial charge in [0.1, 0.15) is 5.82 Å². The third-order valence-electron chi connectivity index (χ3n) is 3.50. The Hall–Kier alpha value is -2.28. The number of rotatable bonds is 7. The van der Waals surface area contributed by atoms with Crippen LogP contribution in [-0.2, 0) is 11.3 Å². The Labute approximate surface area is 134 Å². The van der Waals surface area contributed by atoms with E-state index in [4.69, 9.17) is 4.52 Å². The van der Waals surface area contributed by atoms with Gasteiger partial charge >= 0.3 is 0 Å². The summed E-state index contributed by atoms with van der Waals surface area (Å²) < 4.78 is 18.1. The zero-order valence-corrected chi connectivity index (χ0v) is 13.6. The van der Waals surface area contributed by atoms with E-state index in [1.807, 2.05) is 25.8 Å². The minimum Gasteiger partial charge on any atom is -0.342 e. The minimum atomic E-state index is -0.313. The van der Waals surface area contributed by atoms with Crippen LogP contribution in [0.15, 0.2) is 28.8 Å². The minimum absolute atomic E-state index is 0.0655. The summed E-state index contributed by atoms with van der Waals surface area (Å²) in [5.74, 6) is 0.575. The summed E-state index contributed by atoms with van der Waals surface area (Å²) in [6.45, 7) is 5.96. The van der Waals surface area contributed by atoms with Crippen molar-refractivity contribution in [3.8, 4) is 11.4 Å². The molecular formula is C16H21FN4O2. The van der Waals surface area contributed by atoms with E-state index in [-0.39, 0.29) is 18.3 Å².